The summed E-state index contributed by atoms with van der Waals surface area (Å²) in [4.78, 5) is 34.8. The van der Waals surface area contributed by atoms with Crippen LogP contribution in [-0.4, -0.2) is 62.4 Å². The van der Waals surface area contributed by atoms with E-state index in [0.29, 0.717) is 25.3 Å². The molecule has 108 valence electrons. The number of rotatable bonds is 3. The first-order valence-corrected chi connectivity index (χ1v) is 6.37. The molecule has 0 saturated carbocycles. The van der Waals surface area contributed by atoms with E-state index in [2.05, 4.69) is 9.97 Å². The van der Waals surface area contributed by atoms with Crippen molar-refractivity contribution < 1.29 is 14.7 Å². The summed E-state index contributed by atoms with van der Waals surface area (Å²) >= 11 is 0. The zero-order valence-corrected chi connectivity index (χ0v) is 11.8. The number of likely N-dealkylation sites (N-methyl/N-ethyl adjacent to an activating group) is 1. The lowest BCUT2D eigenvalue weighted by Gasteiger charge is -2.44. The minimum absolute atomic E-state index is 0.0229. The summed E-state index contributed by atoms with van der Waals surface area (Å²) in [5.41, 5.74) is -0.166. The average Bonchev–Trinajstić information content (AvgIpc) is 2.40. The first-order chi connectivity index (χ1) is 9.34. The van der Waals surface area contributed by atoms with Crippen LogP contribution in [0.5, 0.6) is 0 Å². The number of hydrogen-bond acceptors (Lipinski definition) is 5. The maximum atomic E-state index is 12.2. The Labute approximate surface area is 117 Å². The molecule has 0 aromatic carbocycles. The molecule has 0 spiro atoms. The van der Waals surface area contributed by atoms with Crippen molar-refractivity contribution in [1.82, 2.24) is 19.8 Å². The molecule has 1 fully saturated rings. The molecule has 1 aliphatic rings. The third kappa shape index (κ3) is 2.49. The van der Waals surface area contributed by atoms with Gasteiger partial charge in [0, 0.05) is 32.9 Å². The number of amides is 1. The van der Waals surface area contributed by atoms with Crippen molar-refractivity contribution in [1.29, 1.82) is 0 Å². The number of hydrogen-bond donors (Lipinski definition) is 1. The maximum Gasteiger partial charge on any atom is 0.339 e. The lowest BCUT2D eigenvalue weighted by molar-refractivity contribution is -0.147. The first kappa shape index (κ1) is 14.4. The molecule has 7 heteroatoms. The first-order valence-electron chi connectivity index (χ1n) is 6.37. The van der Waals surface area contributed by atoms with Crippen molar-refractivity contribution in [2.75, 3.05) is 20.1 Å². The van der Waals surface area contributed by atoms with Gasteiger partial charge in [0.15, 0.2) is 0 Å². The molecule has 1 aromatic rings. The number of nitrogens with zero attached hydrogens (tertiary/aromatic N) is 4. The maximum absolute atomic E-state index is 12.2. The molecule has 1 aliphatic heterocycles. The quantitative estimate of drug-likeness (QED) is 0.851. The van der Waals surface area contributed by atoms with Crippen LogP contribution in [0.1, 0.15) is 29.9 Å². The molecule has 2 rings (SSSR count). The largest absolute Gasteiger partial charge is 0.478 e. The van der Waals surface area contributed by atoms with Crippen molar-refractivity contribution in [2.24, 2.45) is 0 Å². The second-order valence-corrected chi connectivity index (χ2v) is 5.40. The number of carboxylic acids is 1. The van der Waals surface area contributed by atoms with Gasteiger partial charge in [0.25, 0.3) is 0 Å². The van der Waals surface area contributed by atoms with Crippen molar-refractivity contribution >= 4 is 11.9 Å². The highest BCUT2D eigenvalue weighted by atomic mass is 16.4. The SMILES string of the molecule is CN1CCN(Cc2ncncc2C(=O)O)C(C)(C)C1=O. The van der Waals surface area contributed by atoms with Gasteiger partial charge in [0.1, 0.15) is 11.9 Å². The summed E-state index contributed by atoms with van der Waals surface area (Å²) < 4.78 is 0. The fraction of sp³-hybridized carbons (Fsp3) is 0.538. The van der Waals surface area contributed by atoms with Gasteiger partial charge in [-0.25, -0.2) is 14.8 Å². The fourth-order valence-corrected chi connectivity index (χ4v) is 2.37. The third-order valence-corrected chi connectivity index (χ3v) is 3.73. The van der Waals surface area contributed by atoms with E-state index in [1.165, 1.54) is 12.5 Å². The Morgan fingerprint density at radius 1 is 1.45 bits per heavy atom. The summed E-state index contributed by atoms with van der Waals surface area (Å²) in [6, 6.07) is 0. The zero-order chi connectivity index (χ0) is 14.9. The number of aromatic nitrogens is 2. The molecule has 1 N–H and O–H groups in total. The molecule has 0 bridgehead atoms. The summed E-state index contributed by atoms with van der Waals surface area (Å²) in [5, 5.41) is 9.15. The molecule has 7 nitrogen and oxygen atoms in total. The minimum atomic E-state index is -1.06. The van der Waals surface area contributed by atoms with Gasteiger partial charge in [0.05, 0.1) is 11.2 Å². The lowest BCUT2D eigenvalue weighted by atomic mass is 9.97. The van der Waals surface area contributed by atoms with E-state index < -0.39 is 11.5 Å². The standard InChI is InChI=1S/C13H18N4O3/c1-13(2)12(20)16(3)4-5-17(13)7-10-9(11(18)19)6-14-8-15-10/h6,8H,4-5,7H2,1-3H3,(H,18,19). The van der Waals surface area contributed by atoms with Crippen molar-refractivity contribution in [2.45, 2.75) is 25.9 Å². The van der Waals surface area contributed by atoms with Crippen LogP contribution in [0.3, 0.4) is 0 Å². The smallest absolute Gasteiger partial charge is 0.339 e. The van der Waals surface area contributed by atoms with Crippen LogP contribution < -0.4 is 0 Å². The average molecular weight is 278 g/mol. The highest BCUT2D eigenvalue weighted by Crippen LogP contribution is 2.24. The van der Waals surface area contributed by atoms with Crippen LogP contribution in [0, 0.1) is 0 Å². The Kier molecular flexibility index (Phi) is 3.71. The Balaban J connectivity index is 2.26. The van der Waals surface area contributed by atoms with E-state index in [1.807, 2.05) is 18.7 Å². The minimum Gasteiger partial charge on any atom is -0.478 e. The van der Waals surface area contributed by atoms with E-state index in [0.717, 1.165) is 0 Å². The van der Waals surface area contributed by atoms with Crippen LogP contribution in [0.2, 0.25) is 0 Å². The van der Waals surface area contributed by atoms with Gasteiger partial charge in [-0.3, -0.25) is 9.69 Å². The fourth-order valence-electron chi connectivity index (χ4n) is 2.37. The van der Waals surface area contributed by atoms with Gasteiger partial charge >= 0.3 is 5.97 Å². The molecule has 1 aromatic heterocycles. The second kappa shape index (κ2) is 5.16. The van der Waals surface area contributed by atoms with Gasteiger partial charge < -0.3 is 10.0 Å². The highest BCUT2D eigenvalue weighted by Gasteiger charge is 2.40. The van der Waals surface area contributed by atoms with Gasteiger partial charge in [-0.15, -0.1) is 0 Å². The predicted octanol–water partition coefficient (Wildman–Crippen LogP) is 0.227. The van der Waals surface area contributed by atoms with Gasteiger partial charge in [-0.05, 0) is 13.8 Å². The van der Waals surface area contributed by atoms with E-state index in [1.54, 1.807) is 11.9 Å². The van der Waals surface area contributed by atoms with E-state index in [9.17, 15) is 9.59 Å². The Hall–Kier alpha value is -2.02. The van der Waals surface area contributed by atoms with E-state index >= 15 is 0 Å². The summed E-state index contributed by atoms with van der Waals surface area (Å²) in [5.74, 6) is -1.03. The van der Waals surface area contributed by atoms with Crippen LogP contribution in [-0.2, 0) is 11.3 Å². The van der Waals surface area contributed by atoms with Gasteiger partial charge in [-0.2, -0.15) is 0 Å². The van der Waals surface area contributed by atoms with Crippen LogP contribution in [0.15, 0.2) is 12.5 Å². The Morgan fingerprint density at radius 2 is 2.15 bits per heavy atom. The van der Waals surface area contributed by atoms with Gasteiger partial charge in [-0.1, -0.05) is 0 Å². The molecule has 0 atom stereocenters. The molecule has 1 saturated heterocycles. The highest BCUT2D eigenvalue weighted by molar-refractivity contribution is 5.88. The van der Waals surface area contributed by atoms with Crippen molar-refractivity contribution in [3.63, 3.8) is 0 Å². The molecule has 20 heavy (non-hydrogen) atoms. The summed E-state index contributed by atoms with van der Waals surface area (Å²) in [6.45, 7) is 5.30. The van der Waals surface area contributed by atoms with Crippen molar-refractivity contribution in [3.8, 4) is 0 Å². The van der Waals surface area contributed by atoms with Crippen LogP contribution >= 0.6 is 0 Å². The Morgan fingerprint density at radius 3 is 2.80 bits per heavy atom. The molecular formula is C13H18N4O3. The second-order valence-electron chi connectivity index (χ2n) is 5.40. The third-order valence-electron chi connectivity index (χ3n) is 3.73. The summed E-state index contributed by atoms with van der Waals surface area (Å²) in [7, 11) is 1.77. The van der Waals surface area contributed by atoms with E-state index in [-0.39, 0.29) is 11.5 Å². The normalized spacial score (nSPS) is 19.1. The molecule has 1 amide bonds. The van der Waals surface area contributed by atoms with E-state index in [4.69, 9.17) is 5.11 Å². The monoisotopic (exact) mass is 278 g/mol. The predicted molar refractivity (Wildman–Crippen MR) is 71.1 cm³/mol. The van der Waals surface area contributed by atoms with Gasteiger partial charge in [0.2, 0.25) is 5.91 Å². The molecule has 0 unspecified atom stereocenters. The van der Waals surface area contributed by atoms with Crippen LogP contribution in [0.4, 0.5) is 0 Å². The topological polar surface area (TPSA) is 86.6 Å². The number of piperazine rings is 1. The molecule has 0 aliphatic carbocycles. The Bertz CT molecular complexity index is 544. The summed E-state index contributed by atoms with van der Waals surface area (Å²) in [6.07, 6.45) is 2.61. The molecule has 2 heterocycles. The number of carboxylic acid groups (broad SMARTS) is 1. The zero-order valence-electron chi connectivity index (χ0n) is 11.8. The van der Waals surface area contributed by atoms with Crippen LogP contribution in [0.25, 0.3) is 0 Å². The molecule has 0 radical (unpaired) electrons. The number of carbonyl (C=O) groups is 2. The lowest BCUT2D eigenvalue weighted by Crippen LogP contribution is -2.61. The van der Waals surface area contributed by atoms with Crippen molar-refractivity contribution in [3.05, 3.63) is 23.8 Å². The number of aromatic carboxylic acids is 1. The number of carbonyl (C=O) groups excluding carboxylic acids is 1. The molecular weight excluding hydrogens is 260 g/mol.